The number of likely N-dealkylation sites (tertiary alicyclic amines) is 1. The van der Waals surface area contributed by atoms with Gasteiger partial charge in [-0.15, -0.1) is 0 Å². The number of benzene rings is 2. The van der Waals surface area contributed by atoms with Crippen LogP contribution in [0.1, 0.15) is 12.8 Å². The van der Waals surface area contributed by atoms with Crippen molar-refractivity contribution >= 4 is 11.0 Å². The van der Waals surface area contributed by atoms with Crippen LogP contribution in [0.4, 0.5) is 0 Å². The van der Waals surface area contributed by atoms with Crippen molar-refractivity contribution in [1.82, 2.24) is 14.5 Å². The van der Waals surface area contributed by atoms with E-state index in [9.17, 15) is 5.11 Å². The van der Waals surface area contributed by atoms with Crippen molar-refractivity contribution in [2.45, 2.75) is 19.4 Å². The molecule has 0 amide bonds. The van der Waals surface area contributed by atoms with E-state index in [0.29, 0.717) is 0 Å². The van der Waals surface area contributed by atoms with Gasteiger partial charge in [-0.25, -0.2) is 4.98 Å². The maximum Gasteiger partial charge on any atom is 0.141 e. The van der Waals surface area contributed by atoms with Gasteiger partial charge in [-0.1, -0.05) is 12.1 Å². The molecule has 3 aromatic rings. The van der Waals surface area contributed by atoms with Crippen LogP contribution < -0.4 is 0 Å². The van der Waals surface area contributed by atoms with Gasteiger partial charge in [-0.3, -0.25) is 0 Å². The van der Waals surface area contributed by atoms with E-state index in [0.717, 1.165) is 30.0 Å². The third-order valence-electron chi connectivity index (χ3n) is 4.62. The standard InChI is InChI=1S/C19H21N3O/c23-16-9-7-15(8-10-16)19-20-17-5-1-2-6-18(17)22(19)14-13-21-11-3-4-12-21/h1-2,5-10,23H,3-4,11-14H2. The zero-order chi connectivity index (χ0) is 15.6. The molecule has 0 aliphatic carbocycles. The number of phenolic OH excluding ortho intramolecular Hbond substituents is 1. The van der Waals surface area contributed by atoms with Gasteiger partial charge in [-0.2, -0.15) is 0 Å². The minimum atomic E-state index is 0.286. The van der Waals surface area contributed by atoms with Crippen LogP contribution in [0.25, 0.3) is 22.4 Å². The third-order valence-corrected chi connectivity index (χ3v) is 4.62. The summed E-state index contributed by atoms with van der Waals surface area (Å²) in [4.78, 5) is 7.34. The molecule has 0 atom stereocenters. The summed E-state index contributed by atoms with van der Waals surface area (Å²) in [7, 11) is 0. The quantitative estimate of drug-likeness (QED) is 0.802. The molecule has 1 aromatic heterocycles. The fourth-order valence-corrected chi connectivity index (χ4v) is 3.38. The van der Waals surface area contributed by atoms with Gasteiger partial charge < -0.3 is 14.6 Å². The Morgan fingerprint density at radius 1 is 0.913 bits per heavy atom. The minimum Gasteiger partial charge on any atom is -0.508 e. The van der Waals surface area contributed by atoms with E-state index in [4.69, 9.17) is 4.98 Å². The van der Waals surface area contributed by atoms with Crippen molar-refractivity contribution in [3.05, 3.63) is 48.5 Å². The van der Waals surface area contributed by atoms with Crippen LogP contribution in [-0.2, 0) is 6.54 Å². The number of para-hydroxylation sites is 2. The van der Waals surface area contributed by atoms with Crippen LogP contribution in [0.2, 0.25) is 0 Å². The van der Waals surface area contributed by atoms with Crippen molar-refractivity contribution in [3.63, 3.8) is 0 Å². The Balaban J connectivity index is 1.72. The Hall–Kier alpha value is -2.33. The van der Waals surface area contributed by atoms with Gasteiger partial charge in [0.1, 0.15) is 11.6 Å². The zero-order valence-corrected chi connectivity index (χ0v) is 13.2. The van der Waals surface area contributed by atoms with Crippen LogP contribution in [0.5, 0.6) is 5.75 Å². The van der Waals surface area contributed by atoms with E-state index in [1.165, 1.54) is 31.4 Å². The lowest BCUT2D eigenvalue weighted by Gasteiger charge is -2.16. The Labute approximate surface area is 136 Å². The first kappa shape index (κ1) is 14.3. The van der Waals surface area contributed by atoms with Crippen molar-refractivity contribution in [2.24, 2.45) is 0 Å². The van der Waals surface area contributed by atoms with Gasteiger partial charge >= 0.3 is 0 Å². The lowest BCUT2D eigenvalue weighted by atomic mass is 10.2. The minimum absolute atomic E-state index is 0.286. The molecule has 23 heavy (non-hydrogen) atoms. The number of aromatic hydroxyl groups is 1. The Kier molecular flexibility index (Phi) is 3.75. The van der Waals surface area contributed by atoms with Gasteiger partial charge in [0.05, 0.1) is 11.0 Å². The molecule has 2 aromatic carbocycles. The molecule has 1 aliphatic heterocycles. The summed E-state index contributed by atoms with van der Waals surface area (Å²) in [6.45, 7) is 4.42. The first-order valence-electron chi connectivity index (χ1n) is 8.28. The van der Waals surface area contributed by atoms with Crippen LogP contribution in [0.3, 0.4) is 0 Å². The van der Waals surface area contributed by atoms with E-state index >= 15 is 0 Å². The largest absolute Gasteiger partial charge is 0.508 e. The summed E-state index contributed by atoms with van der Waals surface area (Å²) in [5, 5.41) is 9.53. The molecule has 118 valence electrons. The lowest BCUT2D eigenvalue weighted by Crippen LogP contribution is -2.24. The average Bonchev–Trinajstić information content (AvgIpc) is 3.21. The Morgan fingerprint density at radius 2 is 1.65 bits per heavy atom. The number of fused-ring (bicyclic) bond motifs is 1. The number of nitrogens with zero attached hydrogens (tertiary/aromatic N) is 3. The Morgan fingerprint density at radius 3 is 2.43 bits per heavy atom. The van der Waals surface area contributed by atoms with Gasteiger partial charge in [0, 0.05) is 18.7 Å². The van der Waals surface area contributed by atoms with Crippen LogP contribution in [0.15, 0.2) is 48.5 Å². The molecule has 0 spiro atoms. The third kappa shape index (κ3) is 2.82. The van der Waals surface area contributed by atoms with Crippen LogP contribution in [-0.4, -0.2) is 39.2 Å². The van der Waals surface area contributed by atoms with Crippen molar-refractivity contribution < 1.29 is 5.11 Å². The maximum absolute atomic E-state index is 9.53. The van der Waals surface area contributed by atoms with E-state index in [2.05, 4.69) is 27.7 Å². The summed E-state index contributed by atoms with van der Waals surface area (Å²) >= 11 is 0. The molecule has 0 unspecified atom stereocenters. The smallest absolute Gasteiger partial charge is 0.141 e. The van der Waals surface area contributed by atoms with E-state index in [-0.39, 0.29) is 5.75 Å². The van der Waals surface area contributed by atoms with Gasteiger partial charge in [-0.05, 0) is 62.3 Å². The summed E-state index contributed by atoms with van der Waals surface area (Å²) in [6, 6.07) is 15.6. The number of hydrogen-bond donors (Lipinski definition) is 1. The summed E-state index contributed by atoms with van der Waals surface area (Å²) < 4.78 is 2.31. The van der Waals surface area contributed by atoms with E-state index in [1.54, 1.807) is 12.1 Å². The lowest BCUT2D eigenvalue weighted by molar-refractivity contribution is 0.325. The highest BCUT2D eigenvalue weighted by Crippen LogP contribution is 2.26. The number of imidazole rings is 1. The predicted molar refractivity (Wildman–Crippen MR) is 92.5 cm³/mol. The second-order valence-corrected chi connectivity index (χ2v) is 6.17. The molecule has 4 nitrogen and oxygen atoms in total. The highest BCUT2D eigenvalue weighted by atomic mass is 16.3. The monoisotopic (exact) mass is 307 g/mol. The average molecular weight is 307 g/mol. The topological polar surface area (TPSA) is 41.3 Å². The van der Waals surface area contributed by atoms with Crippen LogP contribution >= 0.6 is 0 Å². The van der Waals surface area contributed by atoms with Crippen molar-refractivity contribution in [2.75, 3.05) is 19.6 Å². The van der Waals surface area contributed by atoms with Gasteiger partial charge in [0.2, 0.25) is 0 Å². The van der Waals surface area contributed by atoms with Gasteiger partial charge in [0.25, 0.3) is 0 Å². The number of aromatic nitrogens is 2. The molecule has 4 rings (SSSR count). The SMILES string of the molecule is Oc1ccc(-c2nc3ccccc3n2CCN2CCCC2)cc1. The molecule has 1 saturated heterocycles. The normalized spacial score (nSPS) is 15.5. The molecule has 1 aliphatic rings. The first-order valence-corrected chi connectivity index (χ1v) is 8.28. The van der Waals surface area contributed by atoms with Gasteiger partial charge in [0.15, 0.2) is 0 Å². The highest BCUT2D eigenvalue weighted by Gasteiger charge is 2.15. The fourth-order valence-electron chi connectivity index (χ4n) is 3.38. The van der Waals surface area contributed by atoms with E-state index < -0.39 is 0 Å². The predicted octanol–water partition coefficient (Wildman–Crippen LogP) is 3.50. The number of hydrogen-bond acceptors (Lipinski definition) is 3. The summed E-state index contributed by atoms with van der Waals surface area (Å²) in [5.74, 6) is 1.26. The number of phenols is 1. The van der Waals surface area contributed by atoms with Crippen molar-refractivity contribution in [3.8, 4) is 17.1 Å². The molecular formula is C19H21N3O. The molecule has 4 heteroatoms. The molecule has 1 fully saturated rings. The molecular weight excluding hydrogens is 286 g/mol. The molecule has 0 radical (unpaired) electrons. The first-order chi connectivity index (χ1) is 11.3. The summed E-state index contributed by atoms with van der Waals surface area (Å²) in [5.41, 5.74) is 3.24. The highest BCUT2D eigenvalue weighted by molar-refractivity contribution is 5.80. The molecule has 0 bridgehead atoms. The second-order valence-electron chi connectivity index (χ2n) is 6.17. The van der Waals surface area contributed by atoms with Crippen LogP contribution in [0, 0.1) is 0 Å². The second kappa shape index (κ2) is 6.05. The van der Waals surface area contributed by atoms with Crippen molar-refractivity contribution in [1.29, 1.82) is 0 Å². The molecule has 2 heterocycles. The summed E-state index contributed by atoms with van der Waals surface area (Å²) in [6.07, 6.45) is 2.63. The van der Waals surface area contributed by atoms with E-state index in [1.807, 2.05) is 18.2 Å². The number of rotatable bonds is 4. The Bertz CT molecular complexity index is 801. The fraction of sp³-hybridized carbons (Fsp3) is 0.316. The molecule has 0 saturated carbocycles. The zero-order valence-electron chi connectivity index (χ0n) is 13.2. The maximum atomic E-state index is 9.53. The molecule has 1 N–H and O–H groups in total.